The molecule has 1 aromatic heterocycles. The van der Waals surface area contributed by atoms with Crippen molar-refractivity contribution in [1.82, 2.24) is 4.98 Å². The Labute approximate surface area is 169 Å². The van der Waals surface area contributed by atoms with E-state index in [4.69, 9.17) is 0 Å². The van der Waals surface area contributed by atoms with Crippen LogP contribution in [0.1, 0.15) is 11.3 Å². The van der Waals surface area contributed by atoms with Crippen LogP contribution in [0, 0.1) is 6.92 Å². The number of carbonyl (C=O) groups excluding carboxylic acids is 2. The highest BCUT2D eigenvalue weighted by molar-refractivity contribution is 9.10. The number of carbonyl (C=O) groups is 2. The van der Waals surface area contributed by atoms with E-state index in [9.17, 15) is 9.59 Å². The SMILES string of the molecule is Cc1cccc(NC(=O)Nc2nc(CC(=O)Nc3ccc(Br)cc3)cs2)c1. The first kappa shape index (κ1) is 19.1. The lowest BCUT2D eigenvalue weighted by Gasteiger charge is -2.06. The van der Waals surface area contributed by atoms with Crippen LogP contribution >= 0.6 is 27.3 Å². The summed E-state index contributed by atoms with van der Waals surface area (Å²) in [5.74, 6) is -0.168. The van der Waals surface area contributed by atoms with E-state index in [-0.39, 0.29) is 18.4 Å². The van der Waals surface area contributed by atoms with Gasteiger partial charge in [-0.25, -0.2) is 9.78 Å². The second kappa shape index (κ2) is 8.79. The number of thiazole rings is 1. The molecular formula is C19H17BrN4O2S. The topological polar surface area (TPSA) is 83.1 Å². The molecule has 0 bridgehead atoms. The molecule has 3 amide bonds. The average Bonchev–Trinajstić information content (AvgIpc) is 3.03. The highest BCUT2D eigenvalue weighted by Gasteiger charge is 2.10. The monoisotopic (exact) mass is 444 g/mol. The summed E-state index contributed by atoms with van der Waals surface area (Å²) in [6, 6.07) is 14.5. The zero-order chi connectivity index (χ0) is 19.2. The van der Waals surface area contributed by atoms with Gasteiger partial charge in [-0.05, 0) is 48.9 Å². The van der Waals surface area contributed by atoms with Gasteiger partial charge in [0.2, 0.25) is 5.91 Å². The minimum absolute atomic E-state index is 0.133. The highest BCUT2D eigenvalue weighted by atomic mass is 79.9. The van der Waals surface area contributed by atoms with Crippen LogP contribution in [-0.2, 0) is 11.2 Å². The Balaban J connectivity index is 1.52. The predicted molar refractivity (Wildman–Crippen MR) is 112 cm³/mol. The number of rotatable bonds is 5. The Morgan fingerprint density at radius 3 is 2.56 bits per heavy atom. The van der Waals surface area contributed by atoms with Gasteiger partial charge in [-0.3, -0.25) is 10.1 Å². The molecule has 8 heteroatoms. The number of aryl methyl sites for hydroxylation is 1. The summed E-state index contributed by atoms with van der Waals surface area (Å²) in [5.41, 5.74) is 3.08. The summed E-state index contributed by atoms with van der Waals surface area (Å²) < 4.78 is 0.944. The number of anilines is 3. The molecule has 0 spiro atoms. The smallest absolute Gasteiger partial charge is 0.325 e. The van der Waals surface area contributed by atoms with Gasteiger partial charge in [0.25, 0.3) is 0 Å². The molecule has 0 aliphatic rings. The third kappa shape index (κ3) is 5.90. The summed E-state index contributed by atoms with van der Waals surface area (Å²) in [6.45, 7) is 1.95. The third-order valence-electron chi connectivity index (χ3n) is 3.52. The first-order chi connectivity index (χ1) is 13.0. The molecule has 0 fully saturated rings. The van der Waals surface area contributed by atoms with E-state index in [1.165, 1.54) is 11.3 Å². The average molecular weight is 445 g/mol. The number of hydrogen-bond acceptors (Lipinski definition) is 4. The second-order valence-corrected chi connectivity index (χ2v) is 7.60. The molecule has 3 rings (SSSR count). The lowest BCUT2D eigenvalue weighted by atomic mass is 10.2. The van der Waals surface area contributed by atoms with Gasteiger partial charge in [0.15, 0.2) is 5.13 Å². The van der Waals surface area contributed by atoms with Crippen LogP contribution < -0.4 is 16.0 Å². The number of urea groups is 1. The quantitative estimate of drug-likeness (QED) is 0.515. The van der Waals surface area contributed by atoms with E-state index in [1.807, 2.05) is 55.5 Å². The van der Waals surface area contributed by atoms with Crippen molar-refractivity contribution in [3.8, 4) is 0 Å². The van der Waals surface area contributed by atoms with Crippen LogP contribution in [0.25, 0.3) is 0 Å². The fourth-order valence-corrected chi connectivity index (χ4v) is 3.30. The zero-order valence-corrected chi connectivity index (χ0v) is 16.9. The van der Waals surface area contributed by atoms with Crippen LogP contribution in [0.2, 0.25) is 0 Å². The lowest BCUT2D eigenvalue weighted by Crippen LogP contribution is -2.19. The Morgan fingerprint density at radius 2 is 1.81 bits per heavy atom. The minimum Gasteiger partial charge on any atom is -0.326 e. The summed E-state index contributed by atoms with van der Waals surface area (Å²) in [6.07, 6.45) is 0.133. The maximum absolute atomic E-state index is 12.1. The fourth-order valence-electron chi connectivity index (χ4n) is 2.33. The molecule has 0 radical (unpaired) electrons. The Kier molecular flexibility index (Phi) is 6.20. The molecule has 3 N–H and O–H groups in total. The van der Waals surface area contributed by atoms with Crippen molar-refractivity contribution in [2.24, 2.45) is 0 Å². The van der Waals surface area contributed by atoms with Crippen molar-refractivity contribution in [3.05, 3.63) is 69.6 Å². The van der Waals surface area contributed by atoms with Crippen molar-refractivity contribution in [1.29, 1.82) is 0 Å². The first-order valence-corrected chi connectivity index (χ1v) is 9.80. The molecular weight excluding hydrogens is 428 g/mol. The van der Waals surface area contributed by atoms with Gasteiger partial charge in [-0.15, -0.1) is 11.3 Å². The number of benzene rings is 2. The number of nitrogens with zero attached hydrogens (tertiary/aromatic N) is 1. The summed E-state index contributed by atoms with van der Waals surface area (Å²) in [5, 5.41) is 10.4. The Bertz CT molecular complexity index is 956. The lowest BCUT2D eigenvalue weighted by molar-refractivity contribution is -0.115. The molecule has 0 aliphatic heterocycles. The number of hydrogen-bond donors (Lipinski definition) is 3. The molecule has 27 heavy (non-hydrogen) atoms. The maximum Gasteiger partial charge on any atom is 0.325 e. The van der Waals surface area contributed by atoms with Gasteiger partial charge >= 0.3 is 6.03 Å². The molecule has 138 valence electrons. The van der Waals surface area contributed by atoms with Crippen LogP contribution in [0.15, 0.2) is 58.4 Å². The van der Waals surface area contributed by atoms with E-state index in [0.717, 1.165) is 10.0 Å². The summed E-state index contributed by atoms with van der Waals surface area (Å²) in [7, 11) is 0. The molecule has 2 aromatic carbocycles. The summed E-state index contributed by atoms with van der Waals surface area (Å²) in [4.78, 5) is 28.5. The van der Waals surface area contributed by atoms with Crippen LogP contribution in [0.4, 0.5) is 21.3 Å². The normalized spacial score (nSPS) is 10.3. The van der Waals surface area contributed by atoms with Gasteiger partial charge in [0, 0.05) is 21.2 Å². The van der Waals surface area contributed by atoms with Crippen molar-refractivity contribution in [2.45, 2.75) is 13.3 Å². The summed E-state index contributed by atoms with van der Waals surface area (Å²) >= 11 is 4.62. The Hall–Kier alpha value is -2.71. The van der Waals surface area contributed by atoms with E-state index < -0.39 is 0 Å². The predicted octanol–water partition coefficient (Wildman–Crippen LogP) is 5.04. The van der Waals surface area contributed by atoms with Crippen molar-refractivity contribution in [2.75, 3.05) is 16.0 Å². The highest BCUT2D eigenvalue weighted by Crippen LogP contribution is 2.18. The van der Waals surface area contributed by atoms with Gasteiger partial charge in [-0.2, -0.15) is 0 Å². The molecule has 3 aromatic rings. The van der Waals surface area contributed by atoms with Crippen LogP contribution in [-0.4, -0.2) is 16.9 Å². The van der Waals surface area contributed by atoms with Gasteiger partial charge < -0.3 is 10.6 Å². The molecule has 0 saturated heterocycles. The van der Waals surface area contributed by atoms with Gasteiger partial charge in [0.05, 0.1) is 12.1 Å². The zero-order valence-electron chi connectivity index (χ0n) is 14.5. The van der Waals surface area contributed by atoms with E-state index in [1.54, 1.807) is 5.38 Å². The molecule has 0 aliphatic carbocycles. The van der Waals surface area contributed by atoms with Crippen molar-refractivity contribution < 1.29 is 9.59 Å². The Morgan fingerprint density at radius 1 is 1.04 bits per heavy atom. The first-order valence-electron chi connectivity index (χ1n) is 8.12. The number of nitrogens with one attached hydrogen (secondary N) is 3. The molecule has 0 atom stereocenters. The largest absolute Gasteiger partial charge is 0.326 e. The minimum atomic E-state index is -0.374. The molecule has 6 nitrogen and oxygen atoms in total. The number of halogens is 1. The van der Waals surface area contributed by atoms with E-state index in [0.29, 0.717) is 22.2 Å². The van der Waals surface area contributed by atoms with E-state index >= 15 is 0 Å². The molecule has 0 unspecified atom stereocenters. The fraction of sp³-hybridized carbons (Fsp3) is 0.105. The standard InChI is InChI=1S/C19H17BrN4O2S/c1-12-3-2-4-15(9-12)22-18(26)24-19-23-16(11-27-19)10-17(25)21-14-7-5-13(20)6-8-14/h2-9,11H,10H2,1H3,(H,21,25)(H2,22,23,24,26). The van der Waals surface area contributed by atoms with E-state index in [2.05, 4.69) is 36.9 Å². The van der Waals surface area contributed by atoms with Gasteiger partial charge in [0.1, 0.15) is 0 Å². The number of aromatic nitrogens is 1. The second-order valence-electron chi connectivity index (χ2n) is 5.82. The van der Waals surface area contributed by atoms with Crippen LogP contribution in [0.5, 0.6) is 0 Å². The third-order valence-corrected chi connectivity index (χ3v) is 4.85. The maximum atomic E-state index is 12.1. The van der Waals surface area contributed by atoms with Crippen molar-refractivity contribution in [3.63, 3.8) is 0 Å². The molecule has 1 heterocycles. The van der Waals surface area contributed by atoms with Crippen LogP contribution in [0.3, 0.4) is 0 Å². The molecule has 0 saturated carbocycles. The van der Waals surface area contributed by atoms with Gasteiger partial charge in [-0.1, -0.05) is 28.1 Å². The number of amides is 3. The van der Waals surface area contributed by atoms with Crippen molar-refractivity contribution >= 4 is 55.7 Å².